The number of carbonyl (C=O) groups is 1. The maximum absolute atomic E-state index is 10.9. The van der Waals surface area contributed by atoms with Gasteiger partial charge in [-0.1, -0.05) is 68.4 Å². The van der Waals surface area contributed by atoms with E-state index in [9.17, 15) is 15.0 Å². The van der Waals surface area contributed by atoms with Crippen molar-refractivity contribution in [1.29, 1.82) is 0 Å². The van der Waals surface area contributed by atoms with Gasteiger partial charge in [0.2, 0.25) is 0 Å². The van der Waals surface area contributed by atoms with Crippen molar-refractivity contribution in [2.24, 2.45) is 16.8 Å². The van der Waals surface area contributed by atoms with E-state index in [2.05, 4.69) is 18.8 Å². The van der Waals surface area contributed by atoms with Gasteiger partial charge in [0, 0.05) is 36.7 Å². The Hall–Kier alpha value is -2.07. The molecule has 1 aliphatic carbocycles. The molecule has 3 N–H and O–H groups in total. The molecule has 0 amide bonds. The molecule has 0 spiro atoms. The van der Waals surface area contributed by atoms with Crippen molar-refractivity contribution < 1.29 is 20.1 Å². The highest BCUT2D eigenvalue weighted by Crippen LogP contribution is 2.51. The number of nitrogens with zero attached hydrogens (tertiary/aromatic N) is 1. The van der Waals surface area contributed by atoms with Crippen molar-refractivity contribution in [3.63, 3.8) is 0 Å². The number of benzene rings is 1. The summed E-state index contributed by atoms with van der Waals surface area (Å²) in [4.78, 5) is 15.8. The number of rotatable bonds is 10. The fraction of sp³-hybridized carbons (Fsp3) is 0.556. The van der Waals surface area contributed by atoms with Gasteiger partial charge in [-0.3, -0.25) is 9.79 Å². The van der Waals surface area contributed by atoms with E-state index >= 15 is 0 Å². The third-order valence-electron chi connectivity index (χ3n) is 6.42. The number of carboxylic acids is 1. The van der Waals surface area contributed by atoms with Crippen molar-refractivity contribution in [2.45, 2.75) is 76.0 Å². The molecule has 178 valence electrons. The van der Waals surface area contributed by atoms with Crippen LogP contribution in [0.3, 0.4) is 0 Å². The number of aliphatic hydroxyl groups excluding tert-OH is 2. The summed E-state index contributed by atoms with van der Waals surface area (Å²) in [5.41, 5.74) is 0.273. The van der Waals surface area contributed by atoms with Gasteiger partial charge in [-0.25, -0.2) is 0 Å². The van der Waals surface area contributed by atoms with Gasteiger partial charge in [0.25, 0.3) is 0 Å². The summed E-state index contributed by atoms with van der Waals surface area (Å²) < 4.78 is 0. The van der Waals surface area contributed by atoms with Gasteiger partial charge in [-0.2, -0.15) is 0 Å². The number of fused-ring (bicyclic) bond motifs is 1. The Labute approximate surface area is 201 Å². The van der Waals surface area contributed by atoms with Crippen molar-refractivity contribution in [3.05, 3.63) is 48.0 Å². The lowest BCUT2D eigenvalue weighted by Gasteiger charge is -2.22. The van der Waals surface area contributed by atoms with Crippen molar-refractivity contribution in [1.82, 2.24) is 0 Å². The molecule has 2 aliphatic rings. The zero-order valence-electron chi connectivity index (χ0n) is 19.3. The van der Waals surface area contributed by atoms with Crippen LogP contribution in [0.15, 0.2) is 47.5 Å². The maximum atomic E-state index is 10.9. The van der Waals surface area contributed by atoms with E-state index in [-0.39, 0.29) is 18.3 Å². The first kappa shape index (κ1) is 25.6. The van der Waals surface area contributed by atoms with Gasteiger partial charge in [-0.15, -0.1) is 11.8 Å². The highest BCUT2D eigenvalue weighted by atomic mass is 32.2. The molecule has 6 heteroatoms. The van der Waals surface area contributed by atoms with Crippen LogP contribution < -0.4 is 0 Å². The highest BCUT2D eigenvalue weighted by molar-refractivity contribution is 8.13. The molecule has 5 unspecified atom stereocenters. The van der Waals surface area contributed by atoms with Crippen LogP contribution in [0.2, 0.25) is 0 Å². The molecule has 1 saturated carbocycles. The second-order valence-corrected chi connectivity index (χ2v) is 10.2. The number of unbranched alkanes of at least 4 members (excludes halogenated alkanes) is 2. The average Bonchev–Trinajstić information content (AvgIpc) is 3.26. The minimum atomic E-state index is -0.781. The van der Waals surface area contributed by atoms with Gasteiger partial charge in [0.1, 0.15) is 5.54 Å². The zero-order chi connectivity index (χ0) is 23.7. The molecular weight excluding hydrogens is 434 g/mol. The molecule has 0 saturated heterocycles. The minimum Gasteiger partial charge on any atom is -0.481 e. The van der Waals surface area contributed by atoms with Crippen LogP contribution in [0, 0.1) is 23.7 Å². The summed E-state index contributed by atoms with van der Waals surface area (Å²) in [6.45, 7) is 2.14. The fourth-order valence-electron chi connectivity index (χ4n) is 4.68. The number of thioether (sulfide) groups is 1. The first-order valence-electron chi connectivity index (χ1n) is 12.0. The SMILES string of the molecule is CCCCCC(O)/C=C/C1C(O)CC2(C#Cc3ccccc3)N=C(SCCCC(=O)O)CC12. The number of carboxylic acid groups (broad SMARTS) is 1. The largest absolute Gasteiger partial charge is 0.481 e. The van der Waals surface area contributed by atoms with Crippen molar-refractivity contribution >= 4 is 22.8 Å². The van der Waals surface area contributed by atoms with E-state index in [0.717, 1.165) is 42.7 Å². The molecule has 1 aliphatic heterocycles. The van der Waals surface area contributed by atoms with Crippen LogP contribution in [0.4, 0.5) is 0 Å². The monoisotopic (exact) mass is 469 g/mol. The van der Waals surface area contributed by atoms with Crippen LogP contribution in [-0.4, -0.2) is 49.8 Å². The molecule has 5 nitrogen and oxygen atoms in total. The molecule has 5 atom stereocenters. The van der Waals surface area contributed by atoms with Gasteiger partial charge >= 0.3 is 5.97 Å². The highest BCUT2D eigenvalue weighted by Gasteiger charge is 2.55. The van der Waals surface area contributed by atoms with E-state index in [4.69, 9.17) is 10.1 Å². The molecule has 1 fully saturated rings. The Bertz CT molecular complexity index is 904. The van der Waals surface area contributed by atoms with Crippen LogP contribution in [0.1, 0.15) is 63.9 Å². The summed E-state index contributed by atoms with van der Waals surface area (Å²) in [7, 11) is 0. The van der Waals surface area contributed by atoms with Crippen molar-refractivity contribution in [3.8, 4) is 11.8 Å². The van der Waals surface area contributed by atoms with Crippen LogP contribution in [0.5, 0.6) is 0 Å². The summed E-state index contributed by atoms with van der Waals surface area (Å²) in [5.74, 6) is 6.52. The lowest BCUT2D eigenvalue weighted by Crippen LogP contribution is -2.27. The first-order valence-corrected chi connectivity index (χ1v) is 13.0. The number of aliphatic imine (C=N–C) groups is 1. The summed E-state index contributed by atoms with van der Waals surface area (Å²) in [6.07, 6.45) is 8.65. The normalized spacial score (nSPS) is 27.1. The van der Waals surface area contributed by atoms with Gasteiger partial charge < -0.3 is 15.3 Å². The molecule has 33 heavy (non-hydrogen) atoms. The summed E-state index contributed by atoms with van der Waals surface area (Å²) in [5, 5.41) is 31.1. The summed E-state index contributed by atoms with van der Waals surface area (Å²) in [6, 6.07) is 9.80. The number of hydrogen-bond acceptors (Lipinski definition) is 5. The Balaban J connectivity index is 1.76. The van der Waals surface area contributed by atoms with E-state index in [1.165, 1.54) is 0 Å². The molecule has 1 aromatic carbocycles. The lowest BCUT2D eigenvalue weighted by atomic mass is 9.83. The Morgan fingerprint density at radius 3 is 2.82 bits per heavy atom. The second-order valence-electron chi connectivity index (χ2n) is 9.00. The van der Waals surface area contributed by atoms with Crippen LogP contribution in [0.25, 0.3) is 0 Å². The van der Waals surface area contributed by atoms with Gasteiger partial charge in [-0.05, 0) is 30.7 Å². The second kappa shape index (κ2) is 12.4. The van der Waals surface area contributed by atoms with E-state index in [0.29, 0.717) is 18.6 Å². The molecule has 3 rings (SSSR count). The maximum Gasteiger partial charge on any atom is 0.303 e. The minimum absolute atomic E-state index is 0.0461. The van der Waals surface area contributed by atoms with E-state index in [1.54, 1.807) is 11.8 Å². The van der Waals surface area contributed by atoms with Gasteiger partial charge in [0.05, 0.1) is 17.3 Å². The standard InChI is InChI=1S/C27H35NO4S/c1-2-3-5-11-21(29)13-14-22-23-18-25(33-17-8-12-26(31)32)28-27(23,19-24(22)30)16-15-20-9-6-4-7-10-20/h4,6-7,9-10,13-14,21-24,29-30H,2-3,5,8,11-12,17-19H2,1H3,(H,31,32)/b14-13+. The predicted molar refractivity (Wildman–Crippen MR) is 134 cm³/mol. The average molecular weight is 470 g/mol. The Morgan fingerprint density at radius 2 is 2.09 bits per heavy atom. The number of aliphatic hydroxyl groups is 2. The van der Waals surface area contributed by atoms with Gasteiger partial charge in [0.15, 0.2) is 0 Å². The fourth-order valence-corrected chi connectivity index (χ4v) is 5.73. The Kier molecular flexibility index (Phi) is 9.61. The first-order chi connectivity index (χ1) is 15.9. The van der Waals surface area contributed by atoms with E-state index in [1.807, 2.05) is 42.5 Å². The summed E-state index contributed by atoms with van der Waals surface area (Å²) >= 11 is 1.61. The van der Waals surface area contributed by atoms with Crippen LogP contribution >= 0.6 is 11.8 Å². The molecule has 1 heterocycles. The predicted octanol–water partition coefficient (Wildman–Crippen LogP) is 4.67. The Morgan fingerprint density at radius 1 is 1.30 bits per heavy atom. The van der Waals surface area contributed by atoms with E-state index < -0.39 is 23.7 Å². The third kappa shape index (κ3) is 7.20. The van der Waals surface area contributed by atoms with Crippen LogP contribution in [-0.2, 0) is 4.79 Å². The topological polar surface area (TPSA) is 90.1 Å². The molecule has 0 aromatic heterocycles. The quantitative estimate of drug-likeness (QED) is 0.263. The number of hydrogen-bond donors (Lipinski definition) is 3. The zero-order valence-corrected chi connectivity index (χ0v) is 20.1. The molecule has 0 radical (unpaired) electrons. The lowest BCUT2D eigenvalue weighted by molar-refractivity contribution is -0.137. The van der Waals surface area contributed by atoms with Crippen molar-refractivity contribution in [2.75, 3.05) is 5.75 Å². The third-order valence-corrected chi connectivity index (χ3v) is 7.51. The molecular formula is C27H35NO4S. The number of aliphatic carboxylic acids is 1. The smallest absolute Gasteiger partial charge is 0.303 e. The molecule has 0 bridgehead atoms. The molecule has 1 aromatic rings.